The molecule has 1 aromatic rings. The fourth-order valence-corrected chi connectivity index (χ4v) is 5.74. The van der Waals surface area contributed by atoms with Gasteiger partial charge in [0.05, 0.1) is 18.5 Å². The maximum Gasteiger partial charge on any atom is 0.0754 e. The minimum absolute atomic E-state index is 0.307. The number of halogens is 3. The SMILES string of the molecule is Brc1cc(C(Br)C2CCCO2)c(Br)s1. The van der Waals surface area contributed by atoms with Gasteiger partial charge in [-0.25, -0.2) is 0 Å². The monoisotopic (exact) mass is 402 g/mol. The molecule has 0 saturated carbocycles. The van der Waals surface area contributed by atoms with Crippen molar-refractivity contribution in [2.45, 2.75) is 23.8 Å². The van der Waals surface area contributed by atoms with Crippen LogP contribution in [0.4, 0.5) is 0 Å². The van der Waals surface area contributed by atoms with Crippen LogP contribution in [0.15, 0.2) is 13.6 Å². The highest BCUT2D eigenvalue weighted by Crippen LogP contribution is 2.42. The average Bonchev–Trinajstić information content (AvgIpc) is 2.73. The van der Waals surface area contributed by atoms with Crippen molar-refractivity contribution in [1.29, 1.82) is 0 Å². The normalized spacial score (nSPS) is 24.1. The smallest absolute Gasteiger partial charge is 0.0754 e. The molecule has 0 amide bonds. The zero-order valence-corrected chi connectivity index (χ0v) is 12.9. The van der Waals surface area contributed by atoms with E-state index in [4.69, 9.17) is 4.74 Å². The fraction of sp³-hybridized carbons (Fsp3) is 0.556. The van der Waals surface area contributed by atoms with Crippen molar-refractivity contribution in [3.05, 3.63) is 19.2 Å². The number of alkyl halides is 1. The summed E-state index contributed by atoms with van der Waals surface area (Å²) in [5.41, 5.74) is 1.29. The molecule has 0 N–H and O–H groups in total. The van der Waals surface area contributed by atoms with Crippen LogP contribution in [0.5, 0.6) is 0 Å². The Hall–Kier alpha value is 1.10. The molecule has 1 saturated heterocycles. The maximum absolute atomic E-state index is 5.66. The Morgan fingerprint density at radius 1 is 1.50 bits per heavy atom. The molecule has 0 bridgehead atoms. The van der Waals surface area contributed by atoms with E-state index in [1.54, 1.807) is 11.3 Å². The maximum atomic E-state index is 5.66. The standard InChI is InChI=1S/C9H9Br3OS/c10-7-4-5(9(12)14-7)8(11)6-2-1-3-13-6/h4,6,8H,1-3H2. The van der Waals surface area contributed by atoms with Crippen LogP contribution in [0, 0.1) is 0 Å². The first-order chi connectivity index (χ1) is 6.68. The van der Waals surface area contributed by atoms with Gasteiger partial charge in [-0.15, -0.1) is 11.3 Å². The number of thiophene rings is 1. The largest absolute Gasteiger partial charge is 0.377 e. The van der Waals surface area contributed by atoms with Crippen molar-refractivity contribution in [3.63, 3.8) is 0 Å². The van der Waals surface area contributed by atoms with E-state index in [0.29, 0.717) is 10.9 Å². The van der Waals surface area contributed by atoms with Gasteiger partial charge in [-0.3, -0.25) is 0 Å². The first-order valence-corrected chi connectivity index (χ1v) is 7.70. The van der Waals surface area contributed by atoms with Gasteiger partial charge in [-0.05, 0) is 56.3 Å². The van der Waals surface area contributed by atoms with E-state index in [1.165, 1.54) is 15.8 Å². The van der Waals surface area contributed by atoms with E-state index in [1.807, 2.05) is 0 Å². The van der Waals surface area contributed by atoms with Gasteiger partial charge in [-0.1, -0.05) is 15.9 Å². The van der Waals surface area contributed by atoms with Crippen molar-refractivity contribution in [1.82, 2.24) is 0 Å². The van der Waals surface area contributed by atoms with E-state index in [0.717, 1.165) is 16.8 Å². The van der Waals surface area contributed by atoms with Gasteiger partial charge in [0.15, 0.2) is 0 Å². The summed E-state index contributed by atoms with van der Waals surface area (Å²) in [6, 6.07) is 2.15. The zero-order chi connectivity index (χ0) is 10.1. The van der Waals surface area contributed by atoms with Crippen LogP contribution >= 0.6 is 59.1 Å². The third-order valence-electron chi connectivity index (χ3n) is 2.27. The summed E-state index contributed by atoms with van der Waals surface area (Å²) in [4.78, 5) is 0.307. The molecule has 0 aromatic carbocycles. The molecular weight excluding hydrogens is 396 g/mol. The molecule has 0 aliphatic carbocycles. The van der Waals surface area contributed by atoms with Crippen LogP contribution in [-0.4, -0.2) is 12.7 Å². The molecule has 1 aliphatic rings. The summed E-state index contributed by atoms with van der Waals surface area (Å²) in [5.74, 6) is 0. The third-order valence-corrected chi connectivity index (χ3v) is 5.74. The van der Waals surface area contributed by atoms with Crippen molar-refractivity contribution < 1.29 is 4.74 Å². The summed E-state index contributed by atoms with van der Waals surface area (Å²) in [6.07, 6.45) is 2.65. The molecule has 5 heteroatoms. The van der Waals surface area contributed by atoms with Crippen molar-refractivity contribution in [3.8, 4) is 0 Å². The molecule has 1 aromatic heterocycles. The first-order valence-electron chi connectivity index (χ1n) is 4.39. The Balaban J connectivity index is 2.17. The van der Waals surface area contributed by atoms with Crippen LogP contribution in [0.3, 0.4) is 0 Å². The molecule has 2 atom stereocenters. The van der Waals surface area contributed by atoms with Gasteiger partial charge in [-0.2, -0.15) is 0 Å². The van der Waals surface area contributed by atoms with Gasteiger partial charge in [0.1, 0.15) is 0 Å². The Morgan fingerprint density at radius 3 is 2.79 bits per heavy atom. The summed E-state index contributed by atoms with van der Waals surface area (Å²) in [5, 5.41) is 0. The average molecular weight is 405 g/mol. The first kappa shape index (κ1) is 11.6. The summed E-state index contributed by atoms with van der Waals surface area (Å²) in [6.45, 7) is 0.899. The van der Waals surface area contributed by atoms with Crippen molar-refractivity contribution in [2.75, 3.05) is 6.61 Å². The fourth-order valence-electron chi connectivity index (χ4n) is 1.57. The Kier molecular flexibility index (Phi) is 4.10. The van der Waals surface area contributed by atoms with Crippen molar-refractivity contribution in [2.24, 2.45) is 0 Å². The van der Waals surface area contributed by atoms with Gasteiger partial charge >= 0.3 is 0 Å². The molecule has 14 heavy (non-hydrogen) atoms. The summed E-state index contributed by atoms with van der Waals surface area (Å²) >= 11 is 12.5. The minimum Gasteiger partial charge on any atom is -0.377 e. The Labute approximate surface area is 113 Å². The minimum atomic E-state index is 0.307. The molecule has 0 radical (unpaired) electrons. The van der Waals surface area contributed by atoms with E-state index in [9.17, 15) is 0 Å². The van der Waals surface area contributed by atoms with Crippen LogP contribution in [-0.2, 0) is 4.74 Å². The predicted octanol–water partition coefficient (Wildman–Crippen LogP) is 4.89. The van der Waals surface area contributed by atoms with E-state index in [2.05, 4.69) is 53.9 Å². The predicted molar refractivity (Wildman–Crippen MR) is 70.4 cm³/mol. The number of hydrogen-bond acceptors (Lipinski definition) is 2. The van der Waals surface area contributed by atoms with Crippen LogP contribution in [0.1, 0.15) is 23.2 Å². The van der Waals surface area contributed by atoms with Gasteiger partial charge in [0.25, 0.3) is 0 Å². The van der Waals surface area contributed by atoms with E-state index < -0.39 is 0 Å². The molecule has 2 rings (SSSR count). The Morgan fingerprint density at radius 2 is 2.29 bits per heavy atom. The highest BCUT2D eigenvalue weighted by Gasteiger charge is 2.27. The molecule has 78 valence electrons. The quantitative estimate of drug-likeness (QED) is 0.638. The van der Waals surface area contributed by atoms with Gasteiger partial charge < -0.3 is 4.74 Å². The summed E-state index contributed by atoms with van der Waals surface area (Å²) < 4.78 is 7.99. The lowest BCUT2D eigenvalue weighted by Crippen LogP contribution is -2.11. The van der Waals surface area contributed by atoms with E-state index >= 15 is 0 Å². The molecule has 2 unspecified atom stereocenters. The molecule has 1 nitrogen and oxygen atoms in total. The second-order valence-corrected chi connectivity index (χ2v) is 7.97. The number of hydrogen-bond donors (Lipinski definition) is 0. The lowest BCUT2D eigenvalue weighted by Gasteiger charge is -2.16. The highest BCUT2D eigenvalue weighted by molar-refractivity contribution is 9.12. The van der Waals surface area contributed by atoms with Crippen LogP contribution < -0.4 is 0 Å². The van der Waals surface area contributed by atoms with Gasteiger partial charge in [0, 0.05) is 6.61 Å². The molecule has 1 aliphatic heterocycles. The zero-order valence-electron chi connectivity index (χ0n) is 7.30. The van der Waals surface area contributed by atoms with E-state index in [-0.39, 0.29) is 0 Å². The number of ether oxygens (including phenoxy) is 1. The van der Waals surface area contributed by atoms with Crippen LogP contribution in [0.2, 0.25) is 0 Å². The second kappa shape index (κ2) is 4.95. The van der Waals surface area contributed by atoms with Gasteiger partial charge in [0.2, 0.25) is 0 Å². The second-order valence-electron chi connectivity index (χ2n) is 3.23. The third kappa shape index (κ3) is 2.43. The lowest BCUT2D eigenvalue weighted by molar-refractivity contribution is 0.110. The molecule has 0 spiro atoms. The summed E-state index contributed by atoms with van der Waals surface area (Å²) in [7, 11) is 0. The topological polar surface area (TPSA) is 9.23 Å². The van der Waals surface area contributed by atoms with Crippen LogP contribution in [0.25, 0.3) is 0 Å². The van der Waals surface area contributed by atoms with Crippen molar-refractivity contribution >= 4 is 59.1 Å². The molecule has 1 fully saturated rings. The molecule has 2 heterocycles. The Bertz CT molecular complexity index is 320. The highest BCUT2D eigenvalue weighted by atomic mass is 79.9. The lowest BCUT2D eigenvalue weighted by atomic mass is 10.1. The number of rotatable bonds is 2. The molecular formula is C9H9Br3OS.